The maximum atomic E-state index is 6.22. The minimum atomic E-state index is 0.267. The molecule has 0 atom stereocenters. The lowest BCUT2D eigenvalue weighted by Crippen LogP contribution is -2.03. The molecule has 1 aromatic heterocycles. The zero-order chi connectivity index (χ0) is 14.4. The monoisotopic (exact) mass is 303 g/mol. The number of fused-ring (bicyclic) bond motifs is 1. The van der Waals surface area contributed by atoms with Crippen molar-refractivity contribution in [2.45, 2.75) is 25.7 Å². The molecule has 1 saturated carbocycles. The maximum absolute atomic E-state index is 6.22. The first-order valence-corrected chi connectivity index (χ1v) is 7.29. The van der Waals surface area contributed by atoms with Gasteiger partial charge in [0.15, 0.2) is 11.5 Å². The lowest BCUT2D eigenvalue weighted by atomic mass is 10.2. The molecule has 0 amide bonds. The van der Waals surface area contributed by atoms with Crippen LogP contribution in [-0.2, 0) is 0 Å². The molecular weight excluding hydrogens is 290 g/mol. The summed E-state index contributed by atoms with van der Waals surface area (Å²) in [7, 11) is 0. The van der Waals surface area contributed by atoms with Gasteiger partial charge < -0.3 is 14.8 Å². The number of nitrogens with one attached hydrogen (secondary N) is 1. The Morgan fingerprint density at radius 2 is 2.00 bits per heavy atom. The number of anilines is 2. The highest BCUT2D eigenvalue weighted by Gasteiger charge is 2.28. The average Bonchev–Trinajstić information content (AvgIpc) is 3.22. The van der Waals surface area contributed by atoms with Gasteiger partial charge in [0.2, 0.25) is 6.79 Å². The molecule has 1 aromatic carbocycles. The molecule has 2 aromatic rings. The molecule has 1 N–H and O–H groups in total. The van der Waals surface area contributed by atoms with Gasteiger partial charge in [-0.05, 0) is 31.9 Å². The fourth-order valence-electron chi connectivity index (χ4n) is 2.26. The average molecular weight is 304 g/mol. The Bertz CT molecular complexity index is 716. The van der Waals surface area contributed by atoms with Crippen LogP contribution in [0, 0.1) is 6.92 Å². The molecule has 0 unspecified atom stereocenters. The smallest absolute Gasteiger partial charge is 0.231 e. The van der Waals surface area contributed by atoms with E-state index >= 15 is 0 Å². The Balaban J connectivity index is 1.67. The van der Waals surface area contributed by atoms with Gasteiger partial charge in [-0.25, -0.2) is 9.97 Å². The Kier molecular flexibility index (Phi) is 2.89. The van der Waals surface area contributed by atoms with E-state index in [-0.39, 0.29) is 6.79 Å². The maximum Gasteiger partial charge on any atom is 0.231 e. The molecule has 5 nitrogen and oxygen atoms in total. The van der Waals surface area contributed by atoms with Crippen LogP contribution in [0.4, 0.5) is 11.5 Å². The fourth-order valence-corrected chi connectivity index (χ4v) is 2.44. The van der Waals surface area contributed by atoms with Crippen LogP contribution < -0.4 is 14.8 Å². The first-order valence-electron chi connectivity index (χ1n) is 6.91. The van der Waals surface area contributed by atoms with Crippen LogP contribution in [0.3, 0.4) is 0 Å². The molecule has 1 fully saturated rings. The number of aromatic nitrogens is 2. The van der Waals surface area contributed by atoms with Gasteiger partial charge in [0, 0.05) is 23.2 Å². The van der Waals surface area contributed by atoms with Crippen LogP contribution >= 0.6 is 11.6 Å². The van der Waals surface area contributed by atoms with Crippen LogP contribution in [-0.4, -0.2) is 16.8 Å². The predicted octanol–water partition coefficient (Wildman–Crippen LogP) is 3.79. The lowest BCUT2D eigenvalue weighted by molar-refractivity contribution is 0.174. The molecule has 0 bridgehead atoms. The number of ether oxygens (including phenoxy) is 2. The predicted molar refractivity (Wildman–Crippen MR) is 79.6 cm³/mol. The van der Waals surface area contributed by atoms with E-state index in [4.69, 9.17) is 21.1 Å². The highest BCUT2D eigenvalue weighted by Crippen LogP contribution is 2.40. The second-order valence-corrected chi connectivity index (χ2v) is 5.67. The molecule has 1 aliphatic heterocycles. The van der Waals surface area contributed by atoms with Gasteiger partial charge in [-0.2, -0.15) is 0 Å². The number of hydrogen-bond acceptors (Lipinski definition) is 5. The largest absolute Gasteiger partial charge is 0.454 e. The Hall–Kier alpha value is -2.01. The van der Waals surface area contributed by atoms with E-state index < -0.39 is 0 Å². The molecule has 2 heterocycles. The standard InChI is InChI=1S/C15H14ClN3O2/c1-8-13(16)18-15(9-2-3-9)19-14(8)17-10-4-5-11-12(6-10)21-7-20-11/h4-6,9H,2-3,7H2,1H3,(H,17,18,19). The Morgan fingerprint density at radius 3 is 2.81 bits per heavy atom. The summed E-state index contributed by atoms with van der Waals surface area (Å²) < 4.78 is 10.7. The zero-order valence-corrected chi connectivity index (χ0v) is 12.3. The van der Waals surface area contributed by atoms with Crippen LogP contribution in [0.1, 0.15) is 30.1 Å². The molecule has 108 valence electrons. The van der Waals surface area contributed by atoms with E-state index in [1.54, 1.807) is 0 Å². The fraction of sp³-hybridized carbons (Fsp3) is 0.333. The summed E-state index contributed by atoms with van der Waals surface area (Å²) in [5.74, 6) is 3.53. The second kappa shape index (κ2) is 4.77. The molecule has 1 aliphatic carbocycles. The Morgan fingerprint density at radius 1 is 1.19 bits per heavy atom. The van der Waals surface area contributed by atoms with E-state index in [0.29, 0.717) is 11.1 Å². The van der Waals surface area contributed by atoms with Gasteiger partial charge >= 0.3 is 0 Å². The molecule has 0 spiro atoms. The number of rotatable bonds is 3. The van der Waals surface area contributed by atoms with Gasteiger partial charge in [0.1, 0.15) is 16.8 Å². The lowest BCUT2D eigenvalue weighted by Gasteiger charge is -2.11. The minimum Gasteiger partial charge on any atom is -0.454 e. The van der Waals surface area contributed by atoms with E-state index in [1.165, 1.54) is 0 Å². The van der Waals surface area contributed by atoms with Crippen molar-refractivity contribution in [3.63, 3.8) is 0 Å². The van der Waals surface area contributed by atoms with E-state index in [1.807, 2.05) is 25.1 Å². The third-order valence-corrected chi connectivity index (χ3v) is 4.05. The van der Waals surface area contributed by atoms with Gasteiger partial charge in [-0.15, -0.1) is 0 Å². The second-order valence-electron chi connectivity index (χ2n) is 5.31. The SMILES string of the molecule is Cc1c(Cl)nc(C2CC2)nc1Nc1ccc2c(c1)OCO2. The first kappa shape index (κ1) is 12.7. The van der Waals surface area contributed by atoms with Crippen LogP contribution in [0.15, 0.2) is 18.2 Å². The molecule has 4 rings (SSSR count). The molecule has 0 saturated heterocycles. The molecule has 21 heavy (non-hydrogen) atoms. The number of halogens is 1. The topological polar surface area (TPSA) is 56.3 Å². The summed E-state index contributed by atoms with van der Waals surface area (Å²) in [5.41, 5.74) is 1.73. The summed E-state index contributed by atoms with van der Waals surface area (Å²) in [6.07, 6.45) is 2.28. The van der Waals surface area contributed by atoms with Gasteiger partial charge in [0.25, 0.3) is 0 Å². The summed E-state index contributed by atoms with van der Waals surface area (Å²) in [5, 5.41) is 3.80. The quantitative estimate of drug-likeness (QED) is 0.874. The van der Waals surface area contributed by atoms with Crippen molar-refractivity contribution in [1.82, 2.24) is 9.97 Å². The summed E-state index contributed by atoms with van der Waals surface area (Å²) in [6.45, 7) is 2.18. The van der Waals surface area contributed by atoms with Crippen molar-refractivity contribution in [1.29, 1.82) is 0 Å². The summed E-state index contributed by atoms with van der Waals surface area (Å²) >= 11 is 6.22. The third-order valence-electron chi connectivity index (χ3n) is 3.68. The first-order chi connectivity index (χ1) is 10.2. The summed E-state index contributed by atoms with van der Waals surface area (Å²) in [4.78, 5) is 8.97. The van der Waals surface area contributed by atoms with Crippen molar-refractivity contribution in [2.75, 3.05) is 12.1 Å². The van der Waals surface area contributed by atoms with Gasteiger partial charge in [-0.3, -0.25) is 0 Å². The Labute approximate surface area is 127 Å². The number of benzene rings is 1. The van der Waals surface area contributed by atoms with Gasteiger partial charge in [-0.1, -0.05) is 11.6 Å². The van der Waals surface area contributed by atoms with Crippen LogP contribution in [0.5, 0.6) is 11.5 Å². The van der Waals surface area contributed by atoms with Gasteiger partial charge in [0.05, 0.1) is 0 Å². The molecule has 0 radical (unpaired) electrons. The third kappa shape index (κ3) is 2.38. The van der Waals surface area contributed by atoms with Crippen molar-refractivity contribution >= 4 is 23.1 Å². The molecule has 6 heteroatoms. The molecule has 2 aliphatic rings. The highest BCUT2D eigenvalue weighted by molar-refractivity contribution is 6.30. The summed E-state index contributed by atoms with van der Waals surface area (Å²) in [6, 6.07) is 5.71. The normalized spacial score (nSPS) is 16.1. The minimum absolute atomic E-state index is 0.267. The van der Waals surface area contributed by atoms with Crippen molar-refractivity contribution in [3.05, 3.63) is 34.7 Å². The number of hydrogen-bond donors (Lipinski definition) is 1. The zero-order valence-electron chi connectivity index (χ0n) is 11.5. The number of nitrogens with zero attached hydrogens (tertiary/aromatic N) is 2. The van der Waals surface area contributed by atoms with Crippen molar-refractivity contribution < 1.29 is 9.47 Å². The van der Waals surface area contributed by atoms with Crippen LogP contribution in [0.2, 0.25) is 5.15 Å². The van der Waals surface area contributed by atoms with E-state index in [0.717, 1.165) is 47.2 Å². The molecular formula is C15H14ClN3O2. The van der Waals surface area contributed by atoms with Crippen molar-refractivity contribution in [2.24, 2.45) is 0 Å². The van der Waals surface area contributed by atoms with E-state index in [9.17, 15) is 0 Å². The highest BCUT2D eigenvalue weighted by atomic mass is 35.5. The van der Waals surface area contributed by atoms with Crippen molar-refractivity contribution in [3.8, 4) is 11.5 Å². The van der Waals surface area contributed by atoms with Crippen LogP contribution in [0.25, 0.3) is 0 Å². The van der Waals surface area contributed by atoms with E-state index in [2.05, 4.69) is 15.3 Å².